The van der Waals surface area contributed by atoms with Crippen LogP contribution in [0, 0.1) is 17.1 Å². The third-order valence-corrected chi connectivity index (χ3v) is 4.22. The SMILES string of the molecule is C=C(CCC)c1ccc(-n2cc(C#N)c(-c3ccccc3)c2)cc1F. The molecule has 0 amide bonds. The first kappa shape index (κ1) is 16.7. The summed E-state index contributed by atoms with van der Waals surface area (Å²) in [5.74, 6) is -0.288. The van der Waals surface area contributed by atoms with Crippen LogP contribution in [0.1, 0.15) is 30.9 Å². The van der Waals surface area contributed by atoms with Crippen LogP contribution in [-0.4, -0.2) is 4.57 Å². The summed E-state index contributed by atoms with van der Waals surface area (Å²) in [6.07, 6.45) is 5.31. The highest BCUT2D eigenvalue weighted by Gasteiger charge is 2.12. The number of rotatable bonds is 5. The van der Waals surface area contributed by atoms with Crippen LogP contribution in [0.5, 0.6) is 0 Å². The van der Waals surface area contributed by atoms with E-state index in [0.29, 0.717) is 16.8 Å². The molecule has 3 heteroatoms. The quantitative estimate of drug-likeness (QED) is 0.566. The average molecular weight is 330 g/mol. The molecule has 1 aromatic heterocycles. The van der Waals surface area contributed by atoms with E-state index in [9.17, 15) is 9.65 Å². The normalized spacial score (nSPS) is 10.4. The Morgan fingerprint density at radius 1 is 1.16 bits per heavy atom. The Morgan fingerprint density at radius 2 is 1.92 bits per heavy atom. The summed E-state index contributed by atoms with van der Waals surface area (Å²) in [6.45, 7) is 6.01. The zero-order valence-corrected chi connectivity index (χ0v) is 14.2. The molecule has 0 saturated carbocycles. The van der Waals surface area contributed by atoms with E-state index in [2.05, 4.69) is 12.6 Å². The van der Waals surface area contributed by atoms with Gasteiger partial charge < -0.3 is 4.57 Å². The smallest absolute Gasteiger partial charge is 0.132 e. The zero-order chi connectivity index (χ0) is 17.8. The molecule has 0 aliphatic heterocycles. The summed E-state index contributed by atoms with van der Waals surface area (Å²) in [5.41, 5.74) is 4.41. The predicted molar refractivity (Wildman–Crippen MR) is 99.8 cm³/mol. The number of hydrogen-bond acceptors (Lipinski definition) is 1. The highest BCUT2D eigenvalue weighted by Crippen LogP contribution is 2.28. The van der Waals surface area contributed by atoms with Crippen LogP contribution in [0.15, 0.2) is 67.5 Å². The second-order valence-electron chi connectivity index (χ2n) is 5.99. The Morgan fingerprint density at radius 3 is 2.56 bits per heavy atom. The topological polar surface area (TPSA) is 28.7 Å². The number of halogens is 1. The van der Waals surface area contributed by atoms with Gasteiger partial charge in [0.05, 0.1) is 5.56 Å². The molecule has 3 rings (SSSR count). The number of aromatic nitrogens is 1. The molecule has 2 aromatic carbocycles. The molecule has 25 heavy (non-hydrogen) atoms. The van der Waals surface area contributed by atoms with E-state index in [1.54, 1.807) is 16.8 Å². The molecule has 0 N–H and O–H groups in total. The van der Waals surface area contributed by atoms with Crippen molar-refractivity contribution in [3.63, 3.8) is 0 Å². The van der Waals surface area contributed by atoms with Crippen molar-refractivity contribution in [1.82, 2.24) is 4.57 Å². The summed E-state index contributed by atoms with van der Waals surface area (Å²) in [6, 6.07) is 17.0. The Bertz CT molecular complexity index is 946. The van der Waals surface area contributed by atoms with Gasteiger partial charge in [0, 0.05) is 29.2 Å². The van der Waals surface area contributed by atoms with E-state index in [0.717, 1.165) is 29.5 Å². The molecule has 0 atom stereocenters. The Balaban J connectivity index is 2.01. The van der Waals surface area contributed by atoms with Crippen molar-refractivity contribution in [3.05, 3.63) is 84.4 Å². The molecule has 3 aromatic rings. The first-order valence-corrected chi connectivity index (χ1v) is 8.29. The lowest BCUT2D eigenvalue weighted by Gasteiger charge is -2.09. The van der Waals surface area contributed by atoms with Crippen LogP contribution in [-0.2, 0) is 0 Å². The van der Waals surface area contributed by atoms with Crippen LogP contribution in [0.2, 0.25) is 0 Å². The van der Waals surface area contributed by atoms with E-state index in [1.807, 2.05) is 49.5 Å². The third kappa shape index (κ3) is 3.39. The minimum absolute atomic E-state index is 0.288. The molecular weight excluding hydrogens is 311 g/mol. The van der Waals surface area contributed by atoms with E-state index < -0.39 is 0 Å². The van der Waals surface area contributed by atoms with E-state index in [1.165, 1.54) is 6.07 Å². The highest BCUT2D eigenvalue weighted by molar-refractivity contribution is 5.71. The van der Waals surface area contributed by atoms with E-state index in [-0.39, 0.29) is 5.82 Å². The largest absolute Gasteiger partial charge is 0.322 e. The molecule has 1 heterocycles. The molecule has 2 nitrogen and oxygen atoms in total. The molecule has 0 unspecified atom stereocenters. The van der Waals surface area contributed by atoms with E-state index in [4.69, 9.17) is 0 Å². The minimum atomic E-state index is -0.288. The number of benzene rings is 2. The fourth-order valence-corrected chi connectivity index (χ4v) is 2.93. The molecule has 0 spiro atoms. The van der Waals surface area contributed by atoms with Gasteiger partial charge in [0.25, 0.3) is 0 Å². The van der Waals surface area contributed by atoms with Crippen LogP contribution in [0.4, 0.5) is 4.39 Å². The lowest BCUT2D eigenvalue weighted by atomic mass is 10.0. The highest BCUT2D eigenvalue weighted by atomic mass is 19.1. The van der Waals surface area contributed by atoms with Crippen LogP contribution in [0.25, 0.3) is 22.4 Å². The van der Waals surface area contributed by atoms with Crippen molar-refractivity contribution in [1.29, 1.82) is 5.26 Å². The van der Waals surface area contributed by atoms with Gasteiger partial charge in [-0.3, -0.25) is 0 Å². The van der Waals surface area contributed by atoms with Crippen molar-refractivity contribution in [2.75, 3.05) is 0 Å². The monoisotopic (exact) mass is 330 g/mol. The van der Waals surface area contributed by atoms with Gasteiger partial charge in [-0.15, -0.1) is 0 Å². The summed E-state index contributed by atoms with van der Waals surface area (Å²) in [4.78, 5) is 0. The number of nitriles is 1. The van der Waals surface area contributed by atoms with Crippen molar-refractivity contribution < 1.29 is 4.39 Å². The fourth-order valence-electron chi connectivity index (χ4n) is 2.93. The first-order chi connectivity index (χ1) is 12.1. The van der Waals surface area contributed by atoms with Crippen LogP contribution < -0.4 is 0 Å². The number of nitrogens with zero attached hydrogens (tertiary/aromatic N) is 2. The lowest BCUT2D eigenvalue weighted by Crippen LogP contribution is -1.95. The fraction of sp³-hybridized carbons (Fsp3) is 0.136. The molecular formula is C22H19FN2. The maximum atomic E-state index is 14.5. The summed E-state index contributed by atoms with van der Waals surface area (Å²) < 4.78 is 16.3. The molecule has 0 bridgehead atoms. The molecule has 0 aliphatic rings. The van der Waals surface area contributed by atoms with Crippen molar-refractivity contribution in [2.45, 2.75) is 19.8 Å². The van der Waals surface area contributed by atoms with Crippen LogP contribution in [0.3, 0.4) is 0 Å². The van der Waals surface area contributed by atoms with Gasteiger partial charge in [0.15, 0.2) is 0 Å². The second kappa shape index (κ2) is 7.19. The zero-order valence-electron chi connectivity index (χ0n) is 14.2. The maximum Gasteiger partial charge on any atom is 0.132 e. The Labute approximate surface area is 147 Å². The van der Waals surface area contributed by atoms with Gasteiger partial charge >= 0.3 is 0 Å². The average Bonchev–Trinajstić information content (AvgIpc) is 3.07. The first-order valence-electron chi connectivity index (χ1n) is 8.29. The second-order valence-corrected chi connectivity index (χ2v) is 5.99. The van der Waals surface area contributed by atoms with Crippen LogP contribution >= 0.6 is 0 Å². The van der Waals surface area contributed by atoms with Gasteiger partial charge in [0.1, 0.15) is 11.9 Å². The van der Waals surface area contributed by atoms with Crippen molar-refractivity contribution in [2.24, 2.45) is 0 Å². The molecule has 0 saturated heterocycles. The molecule has 0 fully saturated rings. The van der Waals surface area contributed by atoms with Gasteiger partial charge in [-0.1, -0.05) is 50.3 Å². The maximum absolute atomic E-state index is 14.5. The number of allylic oxidation sites excluding steroid dienone is 1. The Kier molecular flexibility index (Phi) is 4.81. The van der Waals surface area contributed by atoms with Gasteiger partial charge in [-0.25, -0.2) is 4.39 Å². The Hall–Kier alpha value is -3.12. The molecule has 0 radical (unpaired) electrons. The number of hydrogen-bond donors (Lipinski definition) is 0. The standard InChI is InChI=1S/C22H19FN2/c1-3-7-16(2)20-11-10-19(12-22(20)23)25-14-18(13-24)21(15-25)17-8-5-4-6-9-17/h4-6,8-12,14-15H,2-3,7H2,1H3. The summed E-state index contributed by atoms with van der Waals surface area (Å²) >= 11 is 0. The van der Waals surface area contributed by atoms with E-state index >= 15 is 0 Å². The molecule has 0 aliphatic carbocycles. The molecule has 124 valence electrons. The van der Waals surface area contributed by atoms with Gasteiger partial charge in [-0.05, 0) is 35.8 Å². The lowest BCUT2D eigenvalue weighted by molar-refractivity contribution is 0.621. The van der Waals surface area contributed by atoms with Gasteiger partial charge in [0.2, 0.25) is 0 Å². The predicted octanol–water partition coefficient (Wildman–Crippen LogP) is 5.97. The summed E-state index contributed by atoms with van der Waals surface area (Å²) in [7, 11) is 0. The van der Waals surface area contributed by atoms with Crippen molar-refractivity contribution in [3.8, 4) is 22.9 Å². The van der Waals surface area contributed by atoms with Crippen molar-refractivity contribution >= 4 is 5.57 Å². The third-order valence-electron chi connectivity index (χ3n) is 4.22. The summed E-state index contributed by atoms with van der Waals surface area (Å²) in [5, 5.41) is 9.42. The minimum Gasteiger partial charge on any atom is -0.322 e. The van der Waals surface area contributed by atoms with Gasteiger partial charge in [-0.2, -0.15) is 5.26 Å².